The van der Waals surface area contributed by atoms with Crippen molar-refractivity contribution in [2.45, 2.75) is 76.3 Å². The molecule has 170 valence electrons. The number of fused-ring (bicyclic) bond motifs is 5. The first-order valence-corrected chi connectivity index (χ1v) is 12.9. The standard InChI is InChI=1S/C24H35Cl2N5/c1-2-3-4-14-31-21-16-9-7-13-28-23(16)30-22-15(8-6-12-27-22)20(21)29-24(31)19-17(25)10-5-11-18(19)26/h5,10-11,15-16,20-21,23-24,28-29H,2-4,6-9,12-14H2,1H3,(H,27,30). The third kappa shape index (κ3) is 4.13. The van der Waals surface area contributed by atoms with Crippen molar-refractivity contribution >= 4 is 29.0 Å². The number of unbranched alkanes of at least 4 members (excludes halogenated alkanes) is 2. The Morgan fingerprint density at radius 3 is 2.77 bits per heavy atom. The monoisotopic (exact) mass is 463 g/mol. The van der Waals surface area contributed by atoms with Crippen LogP contribution in [0.4, 0.5) is 0 Å². The van der Waals surface area contributed by atoms with Gasteiger partial charge in [0.25, 0.3) is 0 Å². The first-order valence-electron chi connectivity index (χ1n) is 12.2. The van der Waals surface area contributed by atoms with Crippen LogP contribution in [0.15, 0.2) is 23.2 Å². The molecule has 3 fully saturated rings. The molecule has 31 heavy (non-hydrogen) atoms. The van der Waals surface area contributed by atoms with Gasteiger partial charge in [0.2, 0.25) is 0 Å². The molecule has 7 heteroatoms. The molecular formula is C24H35Cl2N5. The van der Waals surface area contributed by atoms with E-state index < -0.39 is 0 Å². The molecule has 0 bridgehead atoms. The molecule has 0 amide bonds. The van der Waals surface area contributed by atoms with Gasteiger partial charge in [-0.15, -0.1) is 0 Å². The third-order valence-electron chi connectivity index (χ3n) is 7.71. The number of piperidine rings is 1. The molecule has 4 aliphatic heterocycles. The summed E-state index contributed by atoms with van der Waals surface area (Å²) in [5.41, 5.74) is 1.04. The Bertz CT molecular complexity index is 795. The zero-order valence-electron chi connectivity index (χ0n) is 18.4. The van der Waals surface area contributed by atoms with Crippen LogP contribution in [0.3, 0.4) is 0 Å². The van der Waals surface area contributed by atoms with Gasteiger partial charge in [-0.05, 0) is 50.8 Å². The molecule has 3 N–H and O–H groups in total. The van der Waals surface area contributed by atoms with E-state index in [1.165, 1.54) is 44.4 Å². The number of aliphatic imine (C=N–C) groups is 1. The quantitative estimate of drug-likeness (QED) is 0.560. The lowest BCUT2D eigenvalue weighted by molar-refractivity contribution is 0.0932. The predicted octanol–water partition coefficient (Wildman–Crippen LogP) is 4.56. The molecule has 1 aromatic rings. The van der Waals surface area contributed by atoms with Crippen molar-refractivity contribution in [1.82, 2.24) is 20.9 Å². The zero-order chi connectivity index (χ0) is 21.4. The molecule has 5 rings (SSSR count). The summed E-state index contributed by atoms with van der Waals surface area (Å²) in [6.07, 6.45) is 8.82. The number of hydrogen-bond donors (Lipinski definition) is 3. The second kappa shape index (κ2) is 9.56. The fraction of sp³-hybridized carbons (Fsp3) is 0.708. The fourth-order valence-corrected chi connectivity index (χ4v) is 6.93. The first kappa shape index (κ1) is 22.0. The fourth-order valence-electron chi connectivity index (χ4n) is 6.33. The van der Waals surface area contributed by atoms with E-state index in [0.717, 1.165) is 41.7 Å². The number of benzene rings is 1. The summed E-state index contributed by atoms with van der Waals surface area (Å²) >= 11 is 13.5. The van der Waals surface area contributed by atoms with Gasteiger partial charge in [-0.1, -0.05) is 49.0 Å². The van der Waals surface area contributed by atoms with Gasteiger partial charge in [-0.25, -0.2) is 0 Å². The Kier molecular flexibility index (Phi) is 6.78. The number of amidine groups is 1. The molecule has 1 aromatic carbocycles. The minimum Gasteiger partial charge on any atom is -0.358 e. The van der Waals surface area contributed by atoms with E-state index in [0.29, 0.717) is 30.1 Å². The summed E-state index contributed by atoms with van der Waals surface area (Å²) in [4.78, 5) is 7.66. The molecule has 5 nitrogen and oxygen atoms in total. The molecule has 0 spiro atoms. The molecule has 0 aromatic heterocycles. The Morgan fingerprint density at radius 2 is 1.97 bits per heavy atom. The minimum atomic E-state index is 0.0527. The summed E-state index contributed by atoms with van der Waals surface area (Å²) in [7, 11) is 0. The molecule has 0 saturated carbocycles. The van der Waals surface area contributed by atoms with Crippen LogP contribution in [0.2, 0.25) is 10.0 Å². The Labute approximate surface area is 196 Å². The highest BCUT2D eigenvalue weighted by Gasteiger charge is 2.53. The highest BCUT2D eigenvalue weighted by Crippen LogP contribution is 2.45. The van der Waals surface area contributed by atoms with Crippen molar-refractivity contribution in [3.05, 3.63) is 33.8 Å². The zero-order valence-corrected chi connectivity index (χ0v) is 19.9. The van der Waals surface area contributed by atoms with Crippen molar-refractivity contribution in [2.24, 2.45) is 16.8 Å². The van der Waals surface area contributed by atoms with Crippen LogP contribution in [0.1, 0.15) is 63.6 Å². The van der Waals surface area contributed by atoms with E-state index in [9.17, 15) is 0 Å². The molecule has 0 radical (unpaired) electrons. The van der Waals surface area contributed by atoms with Crippen LogP contribution in [0.25, 0.3) is 0 Å². The number of nitrogens with one attached hydrogen (secondary N) is 3. The van der Waals surface area contributed by atoms with Crippen LogP contribution >= 0.6 is 23.2 Å². The van der Waals surface area contributed by atoms with Gasteiger partial charge in [0.05, 0.1) is 12.3 Å². The third-order valence-corrected chi connectivity index (χ3v) is 8.37. The average molecular weight is 464 g/mol. The van der Waals surface area contributed by atoms with Crippen LogP contribution in [-0.2, 0) is 0 Å². The molecule has 6 atom stereocenters. The van der Waals surface area contributed by atoms with E-state index in [2.05, 4.69) is 27.8 Å². The first-order chi connectivity index (χ1) is 15.2. The second-order valence-corrected chi connectivity index (χ2v) is 10.4. The summed E-state index contributed by atoms with van der Waals surface area (Å²) in [5.74, 6) is 2.16. The summed E-state index contributed by atoms with van der Waals surface area (Å²) in [6, 6.07) is 6.70. The topological polar surface area (TPSA) is 51.7 Å². The number of hydrogen-bond acceptors (Lipinski definition) is 5. The Morgan fingerprint density at radius 1 is 1.13 bits per heavy atom. The lowest BCUT2D eigenvalue weighted by Gasteiger charge is -2.41. The van der Waals surface area contributed by atoms with Crippen molar-refractivity contribution in [3.63, 3.8) is 0 Å². The largest absolute Gasteiger partial charge is 0.358 e. The molecular weight excluding hydrogens is 429 g/mol. The van der Waals surface area contributed by atoms with E-state index >= 15 is 0 Å². The molecule has 3 saturated heterocycles. The van der Waals surface area contributed by atoms with E-state index in [-0.39, 0.29) is 6.17 Å². The Hall–Kier alpha value is -0.850. The minimum absolute atomic E-state index is 0.0527. The van der Waals surface area contributed by atoms with Gasteiger partial charge in [0.1, 0.15) is 5.84 Å². The van der Waals surface area contributed by atoms with Crippen molar-refractivity contribution in [3.8, 4) is 0 Å². The molecule has 4 heterocycles. The van der Waals surface area contributed by atoms with Gasteiger partial charge < -0.3 is 5.32 Å². The van der Waals surface area contributed by atoms with Crippen molar-refractivity contribution < 1.29 is 0 Å². The summed E-state index contributed by atoms with van der Waals surface area (Å²) < 4.78 is 0. The molecule has 4 aliphatic rings. The van der Waals surface area contributed by atoms with E-state index in [1.54, 1.807) is 0 Å². The lowest BCUT2D eigenvalue weighted by Crippen LogP contribution is -2.57. The van der Waals surface area contributed by atoms with Crippen LogP contribution < -0.4 is 16.0 Å². The van der Waals surface area contributed by atoms with Crippen LogP contribution in [0, 0.1) is 11.8 Å². The second-order valence-electron chi connectivity index (χ2n) is 9.56. The van der Waals surface area contributed by atoms with Gasteiger partial charge in [0.15, 0.2) is 0 Å². The maximum Gasteiger partial charge on any atom is 0.102 e. The maximum absolute atomic E-state index is 6.74. The predicted molar refractivity (Wildman–Crippen MR) is 129 cm³/mol. The lowest BCUT2D eigenvalue weighted by atomic mass is 9.80. The molecule has 0 aliphatic carbocycles. The number of nitrogens with zero attached hydrogens (tertiary/aromatic N) is 2. The molecule has 6 unspecified atom stereocenters. The van der Waals surface area contributed by atoms with E-state index in [4.69, 9.17) is 28.2 Å². The Balaban J connectivity index is 1.57. The normalized spacial score (nSPS) is 35.4. The highest BCUT2D eigenvalue weighted by molar-refractivity contribution is 6.36. The maximum atomic E-state index is 6.74. The highest BCUT2D eigenvalue weighted by atomic mass is 35.5. The smallest absolute Gasteiger partial charge is 0.102 e. The number of halogens is 2. The van der Waals surface area contributed by atoms with Crippen LogP contribution in [-0.4, -0.2) is 48.6 Å². The van der Waals surface area contributed by atoms with Gasteiger partial charge in [-0.2, -0.15) is 0 Å². The van der Waals surface area contributed by atoms with E-state index in [1.807, 2.05) is 18.2 Å². The summed E-state index contributed by atoms with van der Waals surface area (Å²) in [5, 5.41) is 13.2. The van der Waals surface area contributed by atoms with Gasteiger partial charge >= 0.3 is 0 Å². The average Bonchev–Trinajstić information content (AvgIpc) is 3.06. The van der Waals surface area contributed by atoms with Gasteiger partial charge in [0, 0.05) is 52.6 Å². The SMILES string of the molecule is CCCCCN1C(c2c(Cl)cccc2Cl)NC2C3CCCN=C3NC3NCCCC3C21. The van der Waals surface area contributed by atoms with Crippen molar-refractivity contribution in [2.75, 3.05) is 19.6 Å². The van der Waals surface area contributed by atoms with Crippen LogP contribution in [0.5, 0.6) is 0 Å². The van der Waals surface area contributed by atoms with Gasteiger partial charge in [-0.3, -0.25) is 20.5 Å². The van der Waals surface area contributed by atoms with Crippen molar-refractivity contribution in [1.29, 1.82) is 0 Å². The summed E-state index contributed by atoms with van der Waals surface area (Å²) in [6.45, 7) is 5.35. The number of rotatable bonds is 5.